The first-order valence-electron chi connectivity index (χ1n) is 5.85. The van der Waals surface area contributed by atoms with E-state index in [9.17, 15) is 18.4 Å². The number of hydrogen-bond donors (Lipinski definition) is 1. The predicted molar refractivity (Wildman–Crippen MR) is 70.6 cm³/mol. The maximum atomic E-state index is 13.4. The van der Waals surface area contributed by atoms with Crippen LogP contribution in [-0.2, 0) is 20.6 Å². The van der Waals surface area contributed by atoms with Crippen molar-refractivity contribution in [2.24, 2.45) is 14.1 Å². The van der Waals surface area contributed by atoms with Crippen molar-refractivity contribution < 1.29 is 8.78 Å². The van der Waals surface area contributed by atoms with Crippen LogP contribution in [0.25, 0.3) is 0 Å². The van der Waals surface area contributed by atoms with Gasteiger partial charge in [0.1, 0.15) is 11.6 Å². The molecule has 0 bridgehead atoms. The summed E-state index contributed by atoms with van der Waals surface area (Å²) in [5.74, 6) is -1.19. The van der Waals surface area contributed by atoms with Crippen LogP contribution in [0.2, 0.25) is 0 Å². The average Bonchev–Trinajstić information content (AvgIpc) is 2.42. The van der Waals surface area contributed by atoms with Gasteiger partial charge in [0.05, 0.1) is 12.2 Å². The Morgan fingerprint density at radius 2 is 1.80 bits per heavy atom. The van der Waals surface area contributed by atoms with Crippen LogP contribution >= 0.6 is 0 Å². The van der Waals surface area contributed by atoms with Crippen molar-refractivity contribution in [2.45, 2.75) is 6.54 Å². The van der Waals surface area contributed by atoms with Crippen LogP contribution in [0.3, 0.4) is 0 Å². The van der Waals surface area contributed by atoms with Gasteiger partial charge in [0.2, 0.25) is 0 Å². The molecule has 2 aromatic rings. The van der Waals surface area contributed by atoms with Gasteiger partial charge < -0.3 is 5.32 Å². The van der Waals surface area contributed by atoms with E-state index in [1.807, 2.05) is 0 Å². The van der Waals surface area contributed by atoms with Crippen LogP contribution in [0, 0.1) is 11.6 Å². The molecule has 1 aromatic heterocycles. The van der Waals surface area contributed by atoms with E-state index in [0.29, 0.717) is 5.69 Å². The Bertz CT molecular complexity index is 765. The molecule has 0 spiro atoms. The zero-order valence-electron chi connectivity index (χ0n) is 11.0. The lowest BCUT2D eigenvalue weighted by molar-refractivity contribution is 0.601. The predicted octanol–water partition coefficient (Wildman–Crippen LogP) is 0.974. The van der Waals surface area contributed by atoms with E-state index in [-0.39, 0.29) is 12.2 Å². The SMILES string of the molecule is Cn1c(CNc2cc(F)ccc2F)cc(=O)n(C)c1=O. The molecule has 5 nitrogen and oxygen atoms in total. The molecule has 0 fully saturated rings. The molecule has 0 radical (unpaired) electrons. The van der Waals surface area contributed by atoms with E-state index in [0.717, 1.165) is 22.8 Å². The third-order valence-electron chi connectivity index (χ3n) is 3.01. The molecule has 0 saturated carbocycles. The molecule has 0 aliphatic heterocycles. The second-order valence-electron chi connectivity index (χ2n) is 4.35. The highest BCUT2D eigenvalue weighted by molar-refractivity contribution is 5.45. The molecule has 1 N–H and O–H groups in total. The van der Waals surface area contributed by atoms with Gasteiger partial charge in [0, 0.05) is 25.9 Å². The Kier molecular flexibility index (Phi) is 3.69. The lowest BCUT2D eigenvalue weighted by atomic mass is 10.3. The maximum absolute atomic E-state index is 13.4. The van der Waals surface area contributed by atoms with Crippen LogP contribution in [-0.4, -0.2) is 9.13 Å². The maximum Gasteiger partial charge on any atom is 0.330 e. The molecule has 0 aliphatic rings. The molecule has 2 rings (SSSR count). The summed E-state index contributed by atoms with van der Waals surface area (Å²) in [5, 5.41) is 2.66. The summed E-state index contributed by atoms with van der Waals surface area (Å²) in [5.41, 5.74) is -0.585. The molecule has 0 unspecified atom stereocenters. The van der Waals surface area contributed by atoms with Crippen molar-refractivity contribution in [1.82, 2.24) is 9.13 Å². The van der Waals surface area contributed by atoms with Crippen LogP contribution in [0.4, 0.5) is 14.5 Å². The van der Waals surface area contributed by atoms with E-state index in [1.54, 1.807) is 0 Å². The summed E-state index contributed by atoms with van der Waals surface area (Å²) >= 11 is 0. The molecular weight excluding hydrogens is 268 g/mol. The van der Waals surface area contributed by atoms with Gasteiger partial charge in [0.25, 0.3) is 5.56 Å². The number of aromatic nitrogens is 2. The zero-order chi connectivity index (χ0) is 14.9. The molecule has 106 valence electrons. The fourth-order valence-corrected chi connectivity index (χ4v) is 1.77. The van der Waals surface area contributed by atoms with Crippen molar-refractivity contribution in [1.29, 1.82) is 0 Å². The zero-order valence-corrected chi connectivity index (χ0v) is 11.0. The van der Waals surface area contributed by atoms with E-state index in [2.05, 4.69) is 5.32 Å². The van der Waals surface area contributed by atoms with E-state index in [1.165, 1.54) is 24.7 Å². The van der Waals surface area contributed by atoms with Gasteiger partial charge in [0.15, 0.2) is 0 Å². The van der Waals surface area contributed by atoms with E-state index < -0.39 is 22.9 Å². The average molecular weight is 281 g/mol. The minimum absolute atomic E-state index is 0.0295. The molecule has 1 heterocycles. The van der Waals surface area contributed by atoms with Gasteiger partial charge in [-0.2, -0.15) is 0 Å². The molecule has 0 saturated heterocycles. The molecule has 7 heteroatoms. The Labute approximate surface area is 113 Å². The number of benzene rings is 1. The normalized spacial score (nSPS) is 10.6. The Balaban J connectivity index is 2.30. The first-order chi connectivity index (χ1) is 9.40. The number of nitrogens with one attached hydrogen (secondary N) is 1. The van der Waals surface area contributed by atoms with Gasteiger partial charge in [-0.05, 0) is 18.2 Å². The largest absolute Gasteiger partial charge is 0.377 e. The second kappa shape index (κ2) is 5.28. The summed E-state index contributed by atoms with van der Waals surface area (Å²) in [6.07, 6.45) is 0. The molecule has 1 aromatic carbocycles. The summed E-state index contributed by atoms with van der Waals surface area (Å²) in [6.45, 7) is 0.0300. The molecule has 0 aliphatic carbocycles. The minimum Gasteiger partial charge on any atom is -0.377 e. The first kappa shape index (κ1) is 14.0. The van der Waals surface area contributed by atoms with Gasteiger partial charge >= 0.3 is 5.69 Å². The fourth-order valence-electron chi connectivity index (χ4n) is 1.77. The van der Waals surface area contributed by atoms with Crippen molar-refractivity contribution >= 4 is 5.69 Å². The van der Waals surface area contributed by atoms with Crippen LogP contribution in [0.1, 0.15) is 5.69 Å². The standard InChI is InChI=1S/C13H13F2N3O2/c1-17-9(6-12(19)18(2)13(17)20)7-16-11-5-8(14)3-4-10(11)15/h3-6,16H,7H2,1-2H3. The van der Waals surface area contributed by atoms with Crippen LogP contribution < -0.4 is 16.6 Å². The molecule has 0 amide bonds. The van der Waals surface area contributed by atoms with Crippen molar-refractivity contribution in [3.05, 3.63) is 62.4 Å². The second-order valence-corrected chi connectivity index (χ2v) is 4.35. The van der Waals surface area contributed by atoms with Crippen molar-refractivity contribution in [3.63, 3.8) is 0 Å². The highest BCUT2D eigenvalue weighted by Crippen LogP contribution is 2.15. The highest BCUT2D eigenvalue weighted by atomic mass is 19.1. The van der Waals surface area contributed by atoms with E-state index in [4.69, 9.17) is 0 Å². The highest BCUT2D eigenvalue weighted by Gasteiger charge is 2.08. The number of halogens is 2. The summed E-state index contributed by atoms with van der Waals surface area (Å²) in [4.78, 5) is 23.2. The Morgan fingerprint density at radius 3 is 2.50 bits per heavy atom. The van der Waals surface area contributed by atoms with Gasteiger partial charge in [-0.1, -0.05) is 0 Å². The number of nitrogens with zero attached hydrogens (tertiary/aromatic N) is 2. The number of rotatable bonds is 3. The van der Waals surface area contributed by atoms with Gasteiger partial charge in [-0.3, -0.25) is 13.9 Å². The smallest absolute Gasteiger partial charge is 0.330 e. The Morgan fingerprint density at radius 1 is 1.10 bits per heavy atom. The Hall–Kier alpha value is -2.44. The quantitative estimate of drug-likeness (QED) is 0.912. The van der Waals surface area contributed by atoms with Crippen LogP contribution in [0.5, 0.6) is 0 Å². The molecule has 0 atom stereocenters. The third-order valence-corrected chi connectivity index (χ3v) is 3.01. The van der Waals surface area contributed by atoms with E-state index >= 15 is 0 Å². The number of hydrogen-bond acceptors (Lipinski definition) is 3. The van der Waals surface area contributed by atoms with Crippen LogP contribution in [0.15, 0.2) is 33.9 Å². The monoisotopic (exact) mass is 281 g/mol. The minimum atomic E-state index is -0.611. The summed E-state index contributed by atoms with van der Waals surface area (Å²) < 4.78 is 28.7. The van der Waals surface area contributed by atoms with Gasteiger partial charge in [-0.15, -0.1) is 0 Å². The van der Waals surface area contributed by atoms with Gasteiger partial charge in [-0.25, -0.2) is 13.6 Å². The third kappa shape index (κ3) is 2.61. The summed E-state index contributed by atoms with van der Waals surface area (Å²) in [6, 6.07) is 4.29. The van der Waals surface area contributed by atoms with Crippen molar-refractivity contribution in [3.8, 4) is 0 Å². The lowest BCUT2D eigenvalue weighted by Crippen LogP contribution is -2.38. The fraction of sp³-hybridized carbons (Fsp3) is 0.231. The topological polar surface area (TPSA) is 56.0 Å². The number of anilines is 1. The molecule has 20 heavy (non-hydrogen) atoms. The first-order valence-corrected chi connectivity index (χ1v) is 5.85. The lowest BCUT2D eigenvalue weighted by Gasteiger charge is -2.11. The summed E-state index contributed by atoms with van der Waals surface area (Å²) in [7, 11) is 2.87. The molecular formula is C13H13F2N3O2. The van der Waals surface area contributed by atoms with Crippen molar-refractivity contribution in [2.75, 3.05) is 5.32 Å².